The Labute approximate surface area is 153 Å². The van der Waals surface area contributed by atoms with Gasteiger partial charge in [-0.15, -0.1) is 0 Å². The second-order valence-electron chi connectivity index (χ2n) is 5.27. The molecule has 0 spiro atoms. The highest BCUT2D eigenvalue weighted by atomic mass is 35.5. The van der Waals surface area contributed by atoms with Crippen LogP contribution in [0.25, 0.3) is 11.3 Å². The average Bonchev–Trinajstić information content (AvgIpc) is 3.13. The molecule has 3 rings (SSSR count). The summed E-state index contributed by atoms with van der Waals surface area (Å²) in [5.74, 6) is -1.57. The van der Waals surface area contributed by atoms with Gasteiger partial charge in [0.15, 0.2) is 0 Å². The predicted octanol–water partition coefficient (Wildman–Crippen LogP) is 3.19. The Balaban J connectivity index is 1.70. The van der Waals surface area contributed by atoms with Gasteiger partial charge in [-0.05, 0) is 24.3 Å². The zero-order valence-electron chi connectivity index (χ0n) is 13.3. The lowest BCUT2D eigenvalue weighted by Crippen LogP contribution is -2.18. The molecule has 0 bridgehead atoms. The van der Waals surface area contributed by atoms with E-state index in [2.05, 4.69) is 20.7 Å². The molecular weight excluding hydrogens is 356 g/mol. The molecule has 0 unspecified atom stereocenters. The molecule has 7 nitrogen and oxygen atoms in total. The van der Waals surface area contributed by atoms with E-state index in [9.17, 15) is 9.59 Å². The van der Waals surface area contributed by atoms with Gasteiger partial charge in [-0.1, -0.05) is 41.9 Å². The lowest BCUT2D eigenvalue weighted by molar-refractivity contribution is 0.0696. The predicted molar refractivity (Wildman–Crippen MR) is 97.5 cm³/mol. The number of aromatic carboxylic acids is 1. The molecule has 0 aliphatic carbocycles. The minimum atomic E-state index is -1.07. The molecule has 0 aliphatic rings. The van der Waals surface area contributed by atoms with Crippen molar-refractivity contribution >= 4 is 29.7 Å². The van der Waals surface area contributed by atoms with Crippen molar-refractivity contribution in [3.05, 3.63) is 76.4 Å². The summed E-state index contributed by atoms with van der Waals surface area (Å²) in [5, 5.41) is 20.2. The molecule has 0 radical (unpaired) electrons. The number of aromatic nitrogens is 2. The molecule has 1 heterocycles. The van der Waals surface area contributed by atoms with Crippen LogP contribution in [0.1, 0.15) is 26.4 Å². The number of nitrogens with one attached hydrogen (secondary N) is 2. The van der Waals surface area contributed by atoms with Crippen LogP contribution in [0, 0.1) is 0 Å². The highest BCUT2D eigenvalue weighted by Crippen LogP contribution is 2.20. The molecule has 2 aromatic carbocycles. The SMILES string of the molecule is O=C(N/N=C\c1ccccc1C(=O)O)c1cc(-c2ccc(Cl)cc2)n[nH]1. The number of amides is 1. The average molecular weight is 369 g/mol. The number of carboxylic acid groups (broad SMARTS) is 1. The first-order valence-electron chi connectivity index (χ1n) is 7.51. The van der Waals surface area contributed by atoms with Crippen molar-refractivity contribution in [2.45, 2.75) is 0 Å². The van der Waals surface area contributed by atoms with Gasteiger partial charge in [-0.3, -0.25) is 9.89 Å². The minimum Gasteiger partial charge on any atom is -0.478 e. The maximum atomic E-state index is 12.1. The molecular formula is C18H13ClN4O3. The van der Waals surface area contributed by atoms with Crippen molar-refractivity contribution in [3.63, 3.8) is 0 Å². The van der Waals surface area contributed by atoms with E-state index >= 15 is 0 Å². The first-order chi connectivity index (χ1) is 12.5. The van der Waals surface area contributed by atoms with Crippen LogP contribution in [0.15, 0.2) is 59.7 Å². The van der Waals surface area contributed by atoms with Crippen LogP contribution in [0.3, 0.4) is 0 Å². The summed E-state index contributed by atoms with van der Waals surface area (Å²) in [5.41, 5.74) is 4.43. The van der Waals surface area contributed by atoms with Crippen molar-refractivity contribution in [2.75, 3.05) is 0 Å². The topological polar surface area (TPSA) is 107 Å². The van der Waals surface area contributed by atoms with E-state index < -0.39 is 11.9 Å². The summed E-state index contributed by atoms with van der Waals surface area (Å²) in [7, 11) is 0. The Kier molecular flexibility index (Phi) is 5.09. The number of halogens is 1. The normalized spacial score (nSPS) is 10.8. The first-order valence-corrected chi connectivity index (χ1v) is 7.89. The van der Waals surface area contributed by atoms with Gasteiger partial charge in [0.1, 0.15) is 5.69 Å². The molecule has 130 valence electrons. The maximum Gasteiger partial charge on any atom is 0.336 e. The van der Waals surface area contributed by atoms with Crippen molar-refractivity contribution in [1.29, 1.82) is 0 Å². The summed E-state index contributed by atoms with van der Waals surface area (Å²) < 4.78 is 0. The van der Waals surface area contributed by atoms with Gasteiger partial charge < -0.3 is 5.11 Å². The van der Waals surface area contributed by atoms with Gasteiger partial charge in [0, 0.05) is 16.1 Å². The number of carbonyl (C=O) groups is 2. The molecule has 1 aromatic heterocycles. The van der Waals surface area contributed by atoms with Crippen LogP contribution in [0.4, 0.5) is 0 Å². The summed E-state index contributed by atoms with van der Waals surface area (Å²) in [6.07, 6.45) is 1.28. The molecule has 3 N–H and O–H groups in total. The van der Waals surface area contributed by atoms with E-state index in [1.54, 1.807) is 48.5 Å². The molecule has 0 atom stereocenters. The highest BCUT2D eigenvalue weighted by Gasteiger charge is 2.11. The molecule has 0 saturated carbocycles. The standard InChI is InChI=1S/C18H13ClN4O3/c19-13-7-5-11(6-8-13)15-9-16(22-21-15)17(24)23-20-10-12-3-1-2-4-14(12)18(25)26/h1-10H,(H,21,22)(H,23,24)(H,25,26)/b20-10-. The van der Waals surface area contributed by atoms with Crippen molar-refractivity contribution in [3.8, 4) is 11.3 Å². The van der Waals surface area contributed by atoms with Crippen LogP contribution in [-0.2, 0) is 0 Å². The molecule has 26 heavy (non-hydrogen) atoms. The lowest BCUT2D eigenvalue weighted by atomic mass is 10.1. The van der Waals surface area contributed by atoms with Crippen LogP contribution in [-0.4, -0.2) is 33.4 Å². The van der Waals surface area contributed by atoms with Gasteiger partial charge in [-0.25, -0.2) is 10.2 Å². The van der Waals surface area contributed by atoms with Crippen LogP contribution in [0.2, 0.25) is 5.02 Å². The van der Waals surface area contributed by atoms with Gasteiger partial charge in [0.2, 0.25) is 0 Å². The smallest absolute Gasteiger partial charge is 0.336 e. The van der Waals surface area contributed by atoms with Gasteiger partial charge >= 0.3 is 5.97 Å². The van der Waals surface area contributed by atoms with E-state index in [0.29, 0.717) is 16.3 Å². The number of aromatic amines is 1. The summed E-state index contributed by atoms with van der Waals surface area (Å²) in [6.45, 7) is 0. The number of carbonyl (C=O) groups excluding carboxylic acids is 1. The fourth-order valence-corrected chi connectivity index (χ4v) is 2.36. The fraction of sp³-hybridized carbons (Fsp3) is 0. The van der Waals surface area contributed by atoms with Crippen molar-refractivity contribution < 1.29 is 14.7 Å². The zero-order chi connectivity index (χ0) is 18.5. The molecule has 0 aliphatic heterocycles. The van der Waals surface area contributed by atoms with Crippen LogP contribution < -0.4 is 5.43 Å². The second kappa shape index (κ2) is 7.62. The summed E-state index contributed by atoms with van der Waals surface area (Å²) >= 11 is 5.85. The number of H-pyrrole nitrogens is 1. The van der Waals surface area contributed by atoms with Gasteiger partial charge in [0.25, 0.3) is 5.91 Å². The molecule has 0 fully saturated rings. The number of carboxylic acids is 1. The van der Waals surface area contributed by atoms with Gasteiger partial charge in [-0.2, -0.15) is 10.2 Å². The highest BCUT2D eigenvalue weighted by molar-refractivity contribution is 6.30. The Hall–Kier alpha value is -3.45. The number of benzene rings is 2. The van der Waals surface area contributed by atoms with Crippen molar-refractivity contribution in [1.82, 2.24) is 15.6 Å². The molecule has 1 amide bonds. The largest absolute Gasteiger partial charge is 0.478 e. The Morgan fingerprint density at radius 2 is 1.88 bits per heavy atom. The summed E-state index contributed by atoms with van der Waals surface area (Å²) in [6, 6.07) is 15.0. The molecule has 0 saturated heterocycles. The lowest BCUT2D eigenvalue weighted by Gasteiger charge is -2.00. The monoisotopic (exact) mass is 368 g/mol. The quantitative estimate of drug-likeness (QED) is 0.474. The number of nitrogens with zero attached hydrogens (tertiary/aromatic N) is 2. The van der Waals surface area contributed by atoms with Crippen molar-refractivity contribution in [2.24, 2.45) is 5.10 Å². The second-order valence-corrected chi connectivity index (χ2v) is 5.70. The molecule has 8 heteroatoms. The third-order valence-corrected chi connectivity index (χ3v) is 3.78. The van der Waals surface area contributed by atoms with E-state index in [4.69, 9.17) is 16.7 Å². The minimum absolute atomic E-state index is 0.0945. The number of hydrogen-bond donors (Lipinski definition) is 3. The Morgan fingerprint density at radius 1 is 1.15 bits per heavy atom. The third kappa shape index (κ3) is 3.96. The van der Waals surface area contributed by atoms with E-state index in [0.717, 1.165) is 5.56 Å². The zero-order valence-corrected chi connectivity index (χ0v) is 14.1. The van der Waals surface area contributed by atoms with E-state index in [1.165, 1.54) is 12.3 Å². The van der Waals surface area contributed by atoms with Gasteiger partial charge in [0.05, 0.1) is 17.5 Å². The van der Waals surface area contributed by atoms with E-state index in [-0.39, 0.29) is 11.3 Å². The number of hydrogen-bond acceptors (Lipinski definition) is 4. The van der Waals surface area contributed by atoms with Crippen LogP contribution in [0.5, 0.6) is 0 Å². The molecule has 3 aromatic rings. The van der Waals surface area contributed by atoms with E-state index in [1.807, 2.05) is 0 Å². The third-order valence-electron chi connectivity index (χ3n) is 3.52. The fourth-order valence-electron chi connectivity index (χ4n) is 2.23. The first kappa shape index (κ1) is 17.4. The Bertz CT molecular complexity index is 980. The maximum absolute atomic E-state index is 12.1. The Morgan fingerprint density at radius 3 is 2.62 bits per heavy atom. The van der Waals surface area contributed by atoms with Crippen LogP contribution >= 0.6 is 11.6 Å². The number of rotatable bonds is 5. The number of hydrazone groups is 1. The summed E-state index contributed by atoms with van der Waals surface area (Å²) in [4.78, 5) is 23.2.